The molecule has 0 aliphatic carbocycles. The number of rotatable bonds is 2. The van der Waals surface area contributed by atoms with Crippen molar-refractivity contribution in [2.75, 3.05) is 31.1 Å². The van der Waals surface area contributed by atoms with Crippen LogP contribution in [-0.4, -0.2) is 51.9 Å². The van der Waals surface area contributed by atoms with Crippen molar-refractivity contribution in [3.05, 3.63) is 83.0 Å². The van der Waals surface area contributed by atoms with Crippen LogP contribution in [0.1, 0.15) is 21.6 Å². The lowest BCUT2D eigenvalue weighted by Crippen LogP contribution is -2.49. The molecular weight excluding hydrogens is 386 g/mol. The van der Waals surface area contributed by atoms with E-state index in [1.54, 1.807) is 12.4 Å². The van der Waals surface area contributed by atoms with Gasteiger partial charge in [0.15, 0.2) is 0 Å². The summed E-state index contributed by atoms with van der Waals surface area (Å²) in [7, 11) is 0. The highest BCUT2D eigenvalue weighted by molar-refractivity contribution is 6.29. The van der Waals surface area contributed by atoms with Gasteiger partial charge in [-0.1, -0.05) is 29.7 Å². The minimum absolute atomic E-state index is 0.00307. The van der Waals surface area contributed by atoms with E-state index in [-0.39, 0.29) is 5.91 Å². The number of hydrogen-bond donors (Lipinski definition) is 0. The molecule has 4 rings (SSSR count). The van der Waals surface area contributed by atoms with Crippen molar-refractivity contribution in [3.8, 4) is 11.8 Å². The average molecular weight is 404 g/mol. The molecule has 1 fully saturated rings. The Hall–Kier alpha value is -3.43. The fourth-order valence-electron chi connectivity index (χ4n) is 3.11. The van der Waals surface area contributed by atoms with E-state index in [1.807, 2.05) is 47.4 Å². The first-order valence-corrected chi connectivity index (χ1v) is 9.62. The molecule has 3 heterocycles. The highest BCUT2D eigenvalue weighted by Gasteiger charge is 2.23. The summed E-state index contributed by atoms with van der Waals surface area (Å²) in [6.07, 6.45) is 4.90. The SMILES string of the molecule is O=C(c1cccc(C#Cc2ccccn2)c1)N1CCN(c2cncc(Cl)n2)CC1. The van der Waals surface area contributed by atoms with E-state index in [4.69, 9.17) is 11.6 Å². The molecule has 7 heteroatoms. The first-order chi connectivity index (χ1) is 14.2. The fraction of sp³-hybridized carbons (Fsp3) is 0.182. The van der Waals surface area contributed by atoms with Crippen LogP contribution in [0.5, 0.6) is 0 Å². The molecule has 0 unspecified atom stereocenters. The quantitative estimate of drug-likeness (QED) is 0.616. The van der Waals surface area contributed by atoms with E-state index in [0.29, 0.717) is 42.6 Å². The molecule has 0 atom stereocenters. The number of hydrogen-bond acceptors (Lipinski definition) is 5. The first kappa shape index (κ1) is 18.9. The molecule has 0 spiro atoms. The number of pyridine rings is 1. The summed E-state index contributed by atoms with van der Waals surface area (Å²) in [6.45, 7) is 2.58. The van der Waals surface area contributed by atoms with Gasteiger partial charge in [-0.2, -0.15) is 0 Å². The van der Waals surface area contributed by atoms with Crippen LogP contribution in [0.4, 0.5) is 5.82 Å². The summed E-state index contributed by atoms with van der Waals surface area (Å²) in [5.41, 5.74) is 2.12. The largest absolute Gasteiger partial charge is 0.352 e. The van der Waals surface area contributed by atoms with Gasteiger partial charge in [0, 0.05) is 43.5 Å². The first-order valence-electron chi connectivity index (χ1n) is 9.24. The van der Waals surface area contributed by atoms with Crippen LogP contribution >= 0.6 is 11.6 Å². The zero-order chi connectivity index (χ0) is 20.1. The number of benzene rings is 1. The smallest absolute Gasteiger partial charge is 0.254 e. The van der Waals surface area contributed by atoms with E-state index in [9.17, 15) is 4.79 Å². The number of aromatic nitrogens is 3. The molecular formula is C22H18ClN5O. The van der Waals surface area contributed by atoms with Crippen LogP contribution in [-0.2, 0) is 0 Å². The minimum Gasteiger partial charge on any atom is -0.352 e. The fourth-order valence-corrected chi connectivity index (χ4v) is 3.25. The second-order valence-electron chi connectivity index (χ2n) is 6.53. The van der Waals surface area contributed by atoms with Crippen LogP contribution in [0.3, 0.4) is 0 Å². The molecule has 29 heavy (non-hydrogen) atoms. The Morgan fingerprint density at radius 2 is 1.86 bits per heavy atom. The molecule has 1 aliphatic rings. The van der Waals surface area contributed by atoms with Gasteiger partial charge in [0.05, 0.1) is 12.4 Å². The van der Waals surface area contributed by atoms with Gasteiger partial charge in [-0.05, 0) is 36.3 Å². The van der Waals surface area contributed by atoms with E-state index < -0.39 is 0 Å². The number of amides is 1. The summed E-state index contributed by atoms with van der Waals surface area (Å²) in [6, 6.07) is 13.0. The van der Waals surface area contributed by atoms with Crippen molar-refractivity contribution in [3.63, 3.8) is 0 Å². The highest BCUT2D eigenvalue weighted by Crippen LogP contribution is 2.16. The molecule has 1 amide bonds. The van der Waals surface area contributed by atoms with Crippen LogP contribution < -0.4 is 4.90 Å². The standard InChI is InChI=1S/C22H18ClN5O/c23-20-15-24-16-21(26-20)27-10-12-28(13-11-27)22(29)18-5-3-4-17(14-18)7-8-19-6-1-2-9-25-19/h1-6,9,14-16H,10-13H2. The Bertz CT molecular complexity index is 1070. The van der Waals surface area contributed by atoms with E-state index in [1.165, 1.54) is 6.20 Å². The maximum atomic E-state index is 12.9. The molecule has 1 saturated heterocycles. The van der Waals surface area contributed by atoms with Crippen LogP contribution in [0.2, 0.25) is 5.15 Å². The molecule has 1 aliphatic heterocycles. The van der Waals surface area contributed by atoms with Crippen molar-refractivity contribution in [2.24, 2.45) is 0 Å². The molecule has 3 aromatic rings. The van der Waals surface area contributed by atoms with Crippen molar-refractivity contribution in [1.82, 2.24) is 19.9 Å². The minimum atomic E-state index is 0.00307. The summed E-state index contributed by atoms with van der Waals surface area (Å²) < 4.78 is 0. The molecule has 0 bridgehead atoms. The van der Waals surface area contributed by atoms with E-state index in [2.05, 4.69) is 31.7 Å². The van der Waals surface area contributed by atoms with Crippen molar-refractivity contribution in [1.29, 1.82) is 0 Å². The van der Waals surface area contributed by atoms with Crippen LogP contribution in [0, 0.1) is 11.8 Å². The molecule has 0 N–H and O–H groups in total. The number of carbonyl (C=O) groups is 1. The Kier molecular flexibility index (Phi) is 5.68. The van der Waals surface area contributed by atoms with Gasteiger partial charge < -0.3 is 9.80 Å². The summed E-state index contributed by atoms with van der Waals surface area (Å²) >= 11 is 5.92. The van der Waals surface area contributed by atoms with Crippen molar-refractivity contribution < 1.29 is 4.79 Å². The third-order valence-corrected chi connectivity index (χ3v) is 4.77. The Morgan fingerprint density at radius 1 is 1.00 bits per heavy atom. The van der Waals surface area contributed by atoms with Crippen molar-refractivity contribution >= 4 is 23.3 Å². The number of halogens is 1. The lowest BCUT2D eigenvalue weighted by molar-refractivity contribution is 0.0746. The lowest BCUT2D eigenvalue weighted by Gasteiger charge is -2.35. The van der Waals surface area contributed by atoms with Gasteiger partial charge in [0.1, 0.15) is 16.7 Å². The molecule has 144 valence electrons. The summed E-state index contributed by atoms with van der Waals surface area (Å²) in [5.74, 6) is 6.83. The summed E-state index contributed by atoms with van der Waals surface area (Å²) in [4.78, 5) is 29.4. The second kappa shape index (κ2) is 8.72. The predicted molar refractivity (Wildman–Crippen MR) is 112 cm³/mol. The number of carbonyl (C=O) groups excluding carboxylic acids is 1. The Labute approximate surface area is 174 Å². The summed E-state index contributed by atoms with van der Waals surface area (Å²) in [5, 5.41) is 0.365. The van der Waals surface area contributed by atoms with Gasteiger partial charge in [-0.25, -0.2) is 9.97 Å². The maximum Gasteiger partial charge on any atom is 0.254 e. The van der Waals surface area contributed by atoms with Crippen molar-refractivity contribution in [2.45, 2.75) is 0 Å². The topological polar surface area (TPSA) is 62.2 Å². The maximum absolute atomic E-state index is 12.9. The van der Waals surface area contributed by atoms with E-state index in [0.717, 1.165) is 11.4 Å². The molecule has 0 radical (unpaired) electrons. The number of anilines is 1. The highest BCUT2D eigenvalue weighted by atomic mass is 35.5. The lowest BCUT2D eigenvalue weighted by atomic mass is 10.1. The third-order valence-electron chi connectivity index (χ3n) is 4.59. The van der Waals surface area contributed by atoms with Gasteiger partial charge in [0.25, 0.3) is 5.91 Å². The Balaban J connectivity index is 1.42. The van der Waals surface area contributed by atoms with Crippen LogP contribution in [0.15, 0.2) is 61.1 Å². The Morgan fingerprint density at radius 3 is 2.62 bits per heavy atom. The third kappa shape index (κ3) is 4.71. The zero-order valence-electron chi connectivity index (χ0n) is 15.6. The molecule has 6 nitrogen and oxygen atoms in total. The monoisotopic (exact) mass is 403 g/mol. The van der Waals surface area contributed by atoms with Gasteiger partial charge in [-0.15, -0.1) is 0 Å². The molecule has 1 aromatic carbocycles. The predicted octanol–water partition coefficient (Wildman–Crippen LogP) is 2.89. The molecule has 2 aromatic heterocycles. The number of piperazine rings is 1. The number of nitrogens with zero attached hydrogens (tertiary/aromatic N) is 5. The van der Waals surface area contributed by atoms with Crippen LogP contribution in [0.25, 0.3) is 0 Å². The van der Waals surface area contributed by atoms with Gasteiger partial charge in [0.2, 0.25) is 0 Å². The van der Waals surface area contributed by atoms with E-state index >= 15 is 0 Å². The molecule has 0 saturated carbocycles. The van der Waals surface area contributed by atoms with Gasteiger partial charge in [-0.3, -0.25) is 9.78 Å². The second-order valence-corrected chi connectivity index (χ2v) is 6.91. The average Bonchev–Trinajstić information content (AvgIpc) is 2.78. The normalized spacial score (nSPS) is 13.6. The zero-order valence-corrected chi connectivity index (χ0v) is 16.4. The van der Waals surface area contributed by atoms with Gasteiger partial charge >= 0.3 is 0 Å².